The van der Waals surface area contributed by atoms with E-state index in [-0.39, 0.29) is 11.6 Å². The Morgan fingerprint density at radius 1 is 1.50 bits per heavy atom. The Balaban J connectivity index is 2.20. The number of hydrogen-bond acceptors (Lipinski definition) is 3. The highest BCUT2D eigenvalue weighted by molar-refractivity contribution is 9.10. The van der Waals surface area contributed by atoms with Crippen LogP contribution in [0.2, 0.25) is 5.02 Å². The number of carboxylic acids is 1. The van der Waals surface area contributed by atoms with E-state index in [0.29, 0.717) is 16.4 Å². The second-order valence-electron chi connectivity index (χ2n) is 4.87. The number of nitrogens with zero attached hydrogens (tertiary/aromatic N) is 3. The highest BCUT2D eigenvalue weighted by Crippen LogP contribution is 2.42. The van der Waals surface area contributed by atoms with E-state index in [1.54, 1.807) is 10.7 Å². The fourth-order valence-electron chi connectivity index (χ4n) is 2.14. The minimum atomic E-state index is -1.05. The van der Waals surface area contributed by atoms with Crippen molar-refractivity contribution in [3.8, 4) is 5.69 Å². The van der Waals surface area contributed by atoms with Gasteiger partial charge in [0.2, 0.25) is 0 Å². The number of rotatable bonds is 3. The molecule has 0 aliphatic heterocycles. The van der Waals surface area contributed by atoms with Crippen LogP contribution in [0.3, 0.4) is 0 Å². The molecule has 7 heteroatoms. The number of aromatic nitrogens is 3. The maximum Gasteiger partial charge on any atom is 0.358 e. The summed E-state index contributed by atoms with van der Waals surface area (Å²) in [4.78, 5) is 11.3. The molecule has 0 atom stereocenters. The van der Waals surface area contributed by atoms with Gasteiger partial charge in [0, 0.05) is 15.4 Å². The Hall–Kier alpha value is -1.40. The third-order valence-electron chi connectivity index (χ3n) is 3.33. The summed E-state index contributed by atoms with van der Waals surface area (Å²) in [6.45, 7) is 1.91. The van der Waals surface area contributed by atoms with Crippen molar-refractivity contribution in [1.82, 2.24) is 15.0 Å². The van der Waals surface area contributed by atoms with E-state index in [4.69, 9.17) is 11.6 Å². The Bertz CT molecular complexity index is 710. The van der Waals surface area contributed by atoms with E-state index in [2.05, 4.69) is 26.2 Å². The van der Waals surface area contributed by atoms with Crippen LogP contribution in [-0.4, -0.2) is 26.1 Å². The standard InChI is InChI=1S/C13H11BrClN3O2/c1-6-4-8(14)10(5-9(6)15)18-12(7-2-3-7)11(13(19)20)16-17-18/h4-5,7H,2-3H2,1H3,(H,19,20). The molecule has 1 heterocycles. The number of aromatic carboxylic acids is 1. The molecule has 1 aromatic carbocycles. The van der Waals surface area contributed by atoms with E-state index in [9.17, 15) is 9.90 Å². The van der Waals surface area contributed by atoms with E-state index >= 15 is 0 Å². The minimum Gasteiger partial charge on any atom is -0.476 e. The largest absolute Gasteiger partial charge is 0.476 e. The summed E-state index contributed by atoms with van der Waals surface area (Å²) >= 11 is 9.63. The van der Waals surface area contributed by atoms with Crippen molar-refractivity contribution >= 4 is 33.5 Å². The fourth-order valence-corrected chi connectivity index (χ4v) is 2.92. The van der Waals surface area contributed by atoms with E-state index in [1.807, 2.05) is 13.0 Å². The van der Waals surface area contributed by atoms with Crippen molar-refractivity contribution < 1.29 is 9.90 Å². The van der Waals surface area contributed by atoms with Crippen molar-refractivity contribution in [2.75, 3.05) is 0 Å². The fraction of sp³-hybridized carbons (Fsp3) is 0.308. The van der Waals surface area contributed by atoms with Gasteiger partial charge in [-0.25, -0.2) is 9.48 Å². The van der Waals surface area contributed by atoms with Crippen LogP contribution < -0.4 is 0 Å². The minimum absolute atomic E-state index is 0.0242. The average molecular weight is 357 g/mol. The third kappa shape index (κ3) is 2.23. The van der Waals surface area contributed by atoms with Gasteiger partial charge in [0.25, 0.3) is 0 Å². The zero-order valence-electron chi connectivity index (χ0n) is 10.6. The average Bonchev–Trinajstić information content (AvgIpc) is 3.12. The van der Waals surface area contributed by atoms with Crippen LogP contribution in [0.25, 0.3) is 5.69 Å². The van der Waals surface area contributed by atoms with Gasteiger partial charge in [0.05, 0.1) is 11.4 Å². The number of halogens is 2. The molecule has 0 saturated heterocycles. The highest BCUT2D eigenvalue weighted by Gasteiger charge is 2.34. The molecule has 1 aliphatic carbocycles. The topological polar surface area (TPSA) is 68.0 Å². The molecule has 1 aromatic heterocycles. The van der Waals surface area contributed by atoms with E-state index in [0.717, 1.165) is 22.9 Å². The number of carboxylic acid groups (broad SMARTS) is 1. The van der Waals surface area contributed by atoms with Gasteiger partial charge < -0.3 is 5.11 Å². The molecule has 20 heavy (non-hydrogen) atoms. The van der Waals surface area contributed by atoms with Crippen LogP contribution in [0.1, 0.15) is 40.5 Å². The summed E-state index contributed by atoms with van der Waals surface area (Å²) in [6.07, 6.45) is 1.93. The van der Waals surface area contributed by atoms with Crippen LogP contribution >= 0.6 is 27.5 Å². The quantitative estimate of drug-likeness (QED) is 0.913. The SMILES string of the molecule is Cc1cc(Br)c(-n2nnc(C(=O)O)c2C2CC2)cc1Cl. The van der Waals surface area contributed by atoms with Crippen molar-refractivity contribution in [1.29, 1.82) is 0 Å². The first-order valence-corrected chi connectivity index (χ1v) is 7.31. The predicted molar refractivity (Wildman–Crippen MR) is 77.7 cm³/mol. The molecular formula is C13H11BrClN3O2. The maximum absolute atomic E-state index is 11.3. The van der Waals surface area contributed by atoms with Crippen LogP contribution in [0, 0.1) is 6.92 Å². The second-order valence-corrected chi connectivity index (χ2v) is 6.13. The number of carbonyl (C=O) groups is 1. The smallest absolute Gasteiger partial charge is 0.358 e. The molecule has 0 amide bonds. The lowest BCUT2D eigenvalue weighted by Crippen LogP contribution is -2.06. The summed E-state index contributed by atoms with van der Waals surface area (Å²) in [7, 11) is 0. The lowest BCUT2D eigenvalue weighted by molar-refractivity contribution is 0.0689. The molecule has 0 radical (unpaired) electrons. The van der Waals surface area contributed by atoms with Crippen LogP contribution in [-0.2, 0) is 0 Å². The van der Waals surface area contributed by atoms with Crippen molar-refractivity contribution in [2.45, 2.75) is 25.7 Å². The van der Waals surface area contributed by atoms with Gasteiger partial charge in [-0.2, -0.15) is 0 Å². The summed E-state index contributed by atoms with van der Waals surface area (Å²) < 4.78 is 2.39. The lowest BCUT2D eigenvalue weighted by Gasteiger charge is -2.10. The van der Waals surface area contributed by atoms with Crippen LogP contribution in [0.4, 0.5) is 0 Å². The summed E-state index contributed by atoms with van der Waals surface area (Å²) in [5.74, 6) is -0.837. The molecule has 0 unspecified atom stereocenters. The van der Waals surface area contributed by atoms with Gasteiger partial charge >= 0.3 is 5.97 Å². The first-order valence-electron chi connectivity index (χ1n) is 6.14. The molecule has 1 fully saturated rings. The van der Waals surface area contributed by atoms with Crippen molar-refractivity contribution in [2.24, 2.45) is 0 Å². The van der Waals surface area contributed by atoms with Gasteiger partial charge in [0.1, 0.15) is 0 Å². The molecule has 5 nitrogen and oxygen atoms in total. The first kappa shape index (κ1) is 13.6. The lowest BCUT2D eigenvalue weighted by atomic mass is 10.2. The normalized spacial score (nSPS) is 14.6. The Morgan fingerprint density at radius 3 is 2.80 bits per heavy atom. The van der Waals surface area contributed by atoms with Gasteiger partial charge in [-0.15, -0.1) is 5.10 Å². The highest BCUT2D eigenvalue weighted by atomic mass is 79.9. The van der Waals surface area contributed by atoms with Gasteiger partial charge in [-0.3, -0.25) is 0 Å². The van der Waals surface area contributed by atoms with E-state index < -0.39 is 5.97 Å². The van der Waals surface area contributed by atoms with Crippen LogP contribution in [0.5, 0.6) is 0 Å². The van der Waals surface area contributed by atoms with Crippen molar-refractivity contribution in [3.05, 3.63) is 38.6 Å². The van der Waals surface area contributed by atoms with Gasteiger partial charge in [-0.1, -0.05) is 16.8 Å². The third-order valence-corrected chi connectivity index (χ3v) is 4.37. The number of hydrogen-bond donors (Lipinski definition) is 1. The molecule has 0 bridgehead atoms. The summed E-state index contributed by atoms with van der Waals surface area (Å²) in [5, 5.41) is 17.6. The molecule has 2 aromatic rings. The van der Waals surface area contributed by atoms with E-state index in [1.165, 1.54) is 0 Å². The Morgan fingerprint density at radius 2 is 2.20 bits per heavy atom. The molecule has 1 saturated carbocycles. The molecule has 3 rings (SSSR count). The molecule has 1 aliphatic rings. The zero-order chi connectivity index (χ0) is 14.4. The molecule has 0 spiro atoms. The number of aryl methyl sites for hydroxylation is 1. The van der Waals surface area contributed by atoms with Gasteiger partial charge in [-0.05, 0) is 53.4 Å². The van der Waals surface area contributed by atoms with Gasteiger partial charge in [0.15, 0.2) is 5.69 Å². The predicted octanol–water partition coefficient (Wildman–Crippen LogP) is 3.57. The second kappa shape index (κ2) is 4.86. The first-order chi connectivity index (χ1) is 9.49. The molecule has 1 N–H and O–H groups in total. The Labute approximate surface area is 128 Å². The van der Waals surface area contributed by atoms with Crippen LogP contribution in [0.15, 0.2) is 16.6 Å². The summed E-state index contributed by atoms with van der Waals surface area (Å²) in [5.41, 5.74) is 2.32. The molecule has 104 valence electrons. The number of benzene rings is 1. The zero-order valence-corrected chi connectivity index (χ0v) is 12.9. The Kier molecular flexibility index (Phi) is 3.30. The molecular weight excluding hydrogens is 346 g/mol. The maximum atomic E-state index is 11.3. The summed E-state index contributed by atoms with van der Waals surface area (Å²) in [6, 6.07) is 3.66. The monoisotopic (exact) mass is 355 g/mol. The van der Waals surface area contributed by atoms with Crippen molar-refractivity contribution in [3.63, 3.8) is 0 Å².